The number of hydrogen-bond donors (Lipinski definition) is 2. The predicted molar refractivity (Wildman–Crippen MR) is 70.0 cm³/mol. The van der Waals surface area contributed by atoms with Gasteiger partial charge < -0.3 is 10.6 Å². The molecule has 0 unspecified atom stereocenters. The van der Waals surface area contributed by atoms with Crippen molar-refractivity contribution in [2.45, 2.75) is 18.4 Å². The number of piperidine rings is 1. The van der Waals surface area contributed by atoms with Gasteiger partial charge >= 0.3 is 0 Å². The predicted octanol–water partition coefficient (Wildman–Crippen LogP) is 1.25. The summed E-state index contributed by atoms with van der Waals surface area (Å²) < 4.78 is 0. The maximum Gasteiger partial charge on any atom is 0.253 e. The number of fused-ring (bicyclic) bond motifs is 2. The second-order valence-electron chi connectivity index (χ2n) is 4.19. The molecule has 0 aliphatic carbocycles. The number of carbonyl (C=O) groups is 1. The van der Waals surface area contributed by atoms with E-state index in [1.807, 2.05) is 12.1 Å². The van der Waals surface area contributed by atoms with Gasteiger partial charge in [-0.05, 0) is 38.1 Å². The smallest absolute Gasteiger partial charge is 0.253 e. The van der Waals surface area contributed by atoms with Crippen molar-refractivity contribution in [2.75, 3.05) is 13.1 Å². The third kappa shape index (κ3) is 2.12. The molecule has 6 heteroatoms. The SMILES string of the molecule is Cl.Cl.O=C1NC2(CCNCC2)c2ncccc21. The summed E-state index contributed by atoms with van der Waals surface area (Å²) in [5.74, 6) is 0.0278. The van der Waals surface area contributed by atoms with Crippen LogP contribution in [-0.2, 0) is 5.54 Å². The fourth-order valence-corrected chi connectivity index (χ4v) is 2.53. The fraction of sp³-hybridized carbons (Fsp3) is 0.455. The van der Waals surface area contributed by atoms with E-state index in [4.69, 9.17) is 0 Å². The molecular weight excluding hydrogens is 261 g/mol. The Morgan fingerprint density at radius 1 is 1.24 bits per heavy atom. The maximum absolute atomic E-state index is 11.8. The largest absolute Gasteiger partial charge is 0.341 e. The number of pyridine rings is 1. The Labute approximate surface area is 112 Å². The molecule has 1 aromatic rings. The van der Waals surface area contributed by atoms with Crippen molar-refractivity contribution in [1.29, 1.82) is 0 Å². The average molecular weight is 276 g/mol. The van der Waals surface area contributed by atoms with Gasteiger partial charge in [0, 0.05) is 6.20 Å². The molecule has 1 fully saturated rings. The van der Waals surface area contributed by atoms with Crippen LogP contribution in [0, 0.1) is 0 Å². The molecule has 2 aliphatic heterocycles. The van der Waals surface area contributed by atoms with Crippen LogP contribution >= 0.6 is 24.8 Å². The van der Waals surface area contributed by atoms with Crippen molar-refractivity contribution >= 4 is 30.7 Å². The first kappa shape index (κ1) is 14.2. The number of carbonyl (C=O) groups excluding carboxylic acids is 1. The second kappa shape index (κ2) is 5.21. The van der Waals surface area contributed by atoms with Crippen LogP contribution in [0.1, 0.15) is 28.9 Å². The molecule has 0 aromatic carbocycles. The maximum atomic E-state index is 11.8. The number of nitrogens with one attached hydrogen (secondary N) is 2. The van der Waals surface area contributed by atoms with E-state index in [2.05, 4.69) is 15.6 Å². The highest BCUT2D eigenvalue weighted by Crippen LogP contribution is 2.36. The van der Waals surface area contributed by atoms with E-state index in [9.17, 15) is 4.79 Å². The number of amides is 1. The van der Waals surface area contributed by atoms with E-state index >= 15 is 0 Å². The van der Waals surface area contributed by atoms with Crippen molar-refractivity contribution in [2.24, 2.45) is 0 Å². The van der Waals surface area contributed by atoms with Crippen molar-refractivity contribution in [1.82, 2.24) is 15.6 Å². The Hall–Kier alpha value is -0.840. The summed E-state index contributed by atoms with van der Waals surface area (Å²) in [7, 11) is 0. The van der Waals surface area contributed by atoms with Crippen LogP contribution in [0.4, 0.5) is 0 Å². The van der Waals surface area contributed by atoms with Gasteiger partial charge in [-0.25, -0.2) is 0 Å². The lowest BCUT2D eigenvalue weighted by Crippen LogP contribution is -2.47. The molecule has 1 amide bonds. The van der Waals surface area contributed by atoms with E-state index in [0.29, 0.717) is 0 Å². The molecule has 0 radical (unpaired) electrons. The van der Waals surface area contributed by atoms with Crippen molar-refractivity contribution in [3.05, 3.63) is 29.6 Å². The molecule has 3 rings (SSSR count). The van der Waals surface area contributed by atoms with Gasteiger partial charge in [-0.1, -0.05) is 0 Å². The summed E-state index contributed by atoms with van der Waals surface area (Å²) in [5, 5.41) is 6.40. The molecule has 1 aromatic heterocycles. The summed E-state index contributed by atoms with van der Waals surface area (Å²) in [6.45, 7) is 1.88. The summed E-state index contributed by atoms with van der Waals surface area (Å²) >= 11 is 0. The topological polar surface area (TPSA) is 54.0 Å². The standard InChI is InChI=1S/C11H13N3O.2ClH/c15-10-8-2-1-5-13-9(8)11(14-10)3-6-12-7-4-11;;/h1-2,5,12H,3-4,6-7H2,(H,14,15);2*1H. The third-order valence-electron chi connectivity index (χ3n) is 3.32. The van der Waals surface area contributed by atoms with Crippen molar-refractivity contribution in [3.8, 4) is 0 Å². The highest BCUT2D eigenvalue weighted by atomic mass is 35.5. The van der Waals surface area contributed by atoms with Crippen LogP contribution < -0.4 is 10.6 Å². The molecular formula is C11H15Cl2N3O. The zero-order valence-corrected chi connectivity index (χ0v) is 10.9. The second-order valence-corrected chi connectivity index (χ2v) is 4.19. The van der Waals surface area contributed by atoms with Gasteiger partial charge in [0.15, 0.2) is 0 Å². The zero-order chi connectivity index (χ0) is 10.3. The molecule has 0 bridgehead atoms. The molecule has 1 spiro atoms. The number of halogens is 2. The van der Waals surface area contributed by atoms with E-state index in [1.165, 1.54) is 0 Å². The molecule has 2 N–H and O–H groups in total. The molecule has 1 saturated heterocycles. The van der Waals surface area contributed by atoms with E-state index in [0.717, 1.165) is 37.2 Å². The van der Waals surface area contributed by atoms with Crippen molar-refractivity contribution < 1.29 is 4.79 Å². The highest BCUT2D eigenvalue weighted by Gasteiger charge is 2.44. The van der Waals surface area contributed by atoms with Crippen LogP contribution in [0.5, 0.6) is 0 Å². The van der Waals surface area contributed by atoms with E-state index in [1.54, 1.807) is 6.20 Å². The highest BCUT2D eigenvalue weighted by molar-refractivity contribution is 5.99. The average Bonchev–Trinajstić information content (AvgIpc) is 2.55. The van der Waals surface area contributed by atoms with E-state index < -0.39 is 0 Å². The Kier molecular flexibility index (Phi) is 4.36. The Bertz CT molecular complexity index is 419. The summed E-state index contributed by atoms with van der Waals surface area (Å²) in [6.07, 6.45) is 3.63. The summed E-state index contributed by atoms with van der Waals surface area (Å²) in [5.41, 5.74) is 1.50. The lowest BCUT2D eigenvalue weighted by Gasteiger charge is -2.33. The van der Waals surface area contributed by atoms with Gasteiger partial charge in [0.1, 0.15) is 0 Å². The van der Waals surface area contributed by atoms with Gasteiger partial charge in [-0.3, -0.25) is 9.78 Å². The zero-order valence-electron chi connectivity index (χ0n) is 9.23. The fourth-order valence-electron chi connectivity index (χ4n) is 2.53. The van der Waals surface area contributed by atoms with Gasteiger partial charge in [-0.2, -0.15) is 0 Å². The molecule has 2 aliphatic rings. The first-order valence-corrected chi connectivity index (χ1v) is 5.31. The van der Waals surface area contributed by atoms with Crippen LogP contribution in [0.25, 0.3) is 0 Å². The molecule has 4 nitrogen and oxygen atoms in total. The van der Waals surface area contributed by atoms with E-state index in [-0.39, 0.29) is 36.3 Å². The molecule has 3 heterocycles. The minimum atomic E-state index is -0.196. The molecule has 94 valence electrons. The Morgan fingerprint density at radius 2 is 1.94 bits per heavy atom. The normalized spacial score (nSPS) is 19.9. The Morgan fingerprint density at radius 3 is 2.65 bits per heavy atom. The minimum Gasteiger partial charge on any atom is -0.341 e. The van der Waals surface area contributed by atoms with Gasteiger partial charge in [-0.15, -0.1) is 24.8 Å². The van der Waals surface area contributed by atoms with Crippen LogP contribution in [0.15, 0.2) is 18.3 Å². The first-order chi connectivity index (χ1) is 7.32. The monoisotopic (exact) mass is 275 g/mol. The number of rotatable bonds is 0. The first-order valence-electron chi connectivity index (χ1n) is 5.31. The minimum absolute atomic E-state index is 0. The lowest BCUT2D eigenvalue weighted by atomic mass is 9.86. The number of aromatic nitrogens is 1. The Balaban J connectivity index is 0.000000722. The number of hydrogen-bond acceptors (Lipinski definition) is 3. The van der Waals surface area contributed by atoms with Crippen LogP contribution in [0.2, 0.25) is 0 Å². The van der Waals surface area contributed by atoms with Crippen LogP contribution in [-0.4, -0.2) is 24.0 Å². The molecule has 0 atom stereocenters. The molecule has 17 heavy (non-hydrogen) atoms. The lowest BCUT2D eigenvalue weighted by molar-refractivity contribution is 0.0913. The van der Waals surface area contributed by atoms with Crippen LogP contribution in [0.3, 0.4) is 0 Å². The van der Waals surface area contributed by atoms with Gasteiger partial charge in [0.25, 0.3) is 5.91 Å². The molecule has 0 saturated carbocycles. The summed E-state index contributed by atoms with van der Waals surface area (Å²) in [4.78, 5) is 16.1. The summed E-state index contributed by atoms with van der Waals surface area (Å²) in [6, 6.07) is 3.67. The van der Waals surface area contributed by atoms with Crippen molar-refractivity contribution in [3.63, 3.8) is 0 Å². The quantitative estimate of drug-likeness (QED) is 0.749. The van der Waals surface area contributed by atoms with Gasteiger partial charge in [0.05, 0.1) is 16.8 Å². The third-order valence-corrected chi connectivity index (χ3v) is 3.32. The van der Waals surface area contributed by atoms with Gasteiger partial charge in [0.2, 0.25) is 0 Å². The number of nitrogens with zero attached hydrogens (tertiary/aromatic N) is 1.